The van der Waals surface area contributed by atoms with Crippen molar-refractivity contribution in [3.8, 4) is 0 Å². The van der Waals surface area contributed by atoms with Crippen LogP contribution in [0.2, 0.25) is 0 Å². The van der Waals surface area contributed by atoms with Gasteiger partial charge < -0.3 is 9.84 Å². The van der Waals surface area contributed by atoms with E-state index in [1.807, 2.05) is 18.4 Å². The van der Waals surface area contributed by atoms with Crippen molar-refractivity contribution in [1.82, 2.24) is 15.5 Å². The van der Waals surface area contributed by atoms with Gasteiger partial charge >= 0.3 is 0 Å². The molecule has 0 bridgehead atoms. The van der Waals surface area contributed by atoms with E-state index in [1.165, 1.54) is 18.0 Å². The maximum absolute atomic E-state index is 12.3. The van der Waals surface area contributed by atoms with Gasteiger partial charge in [-0.1, -0.05) is 23.4 Å². The molecule has 7 nitrogen and oxygen atoms in total. The summed E-state index contributed by atoms with van der Waals surface area (Å²) < 4.78 is 5.09. The van der Waals surface area contributed by atoms with Crippen molar-refractivity contribution in [3.05, 3.63) is 53.7 Å². The highest BCUT2D eigenvalue weighted by Crippen LogP contribution is 2.20. The Hall–Kier alpha value is -2.74. The number of aromatic nitrogens is 2. The first kappa shape index (κ1) is 16.1. The van der Waals surface area contributed by atoms with Crippen molar-refractivity contribution in [1.29, 1.82) is 0 Å². The maximum Gasteiger partial charge on any atom is 0.260 e. The molecule has 1 atom stereocenters. The zero-order chi connectivity index (χ0) is 16.9. The van der Waals surface area contributed by atoms with Crippen LogP contribution in [0.5, 0.6) is 0 Å². The van der Waals surface area contributed by atoms with Gasteiger partial charge in [0.2, 0.25) is 5.89 Å². The number of amides is 2. The fraction of sp³-hybridized carbons (Fsp3) is 0.188. The van der Waals surface area contributed by atoms with E-state index in [-0.39, 0.29) is 30.1 Å². The van der Waals surface area contributed by atoms with E-state index in [1.54, 1.807) is 24.3 Å². The van der Waals surface area contributed by atoms with Crippen LogP contribution in [0.4, 0.5) is 0 Å². The summed E-state index contributed by atoms with van der Waals surface area (Å²) in [4.78, 5) is 32.7. The number of hydrogen-bond donors (Lipinski definition) is 1. The summed E-state index contributed by atoms with van der Waals surface area (Å²) >= 11 is 1.50. The summed E-state index contributed by atoms with van der Waals surface area (Å²) in [6.07, 6.45) is 6.64. The third-order valence-electron chi connectivity index (χ3n) is 3.37. The summed E-state index contributed by atoms with van der Waals surface area (Å²) in [5.41, 5.74) is 0.587. The van der Waals surface area contributed by atoms with Crippen molar-refractivity contribution in [2.45, 2.75) is 17.4 Å². The number of hydrogen-bond acceptors (Lipinski definition) is 6. The predicted octanol–water partition coefficient (Wildman–Crippen LogP) is 1.97. The normalized spacial score (nSPS) is 16.4. The zero-order valence-corrected chi connectivity index (χ0v) is 13.6. The van der Waals surface area contributed by atoms with E-state index < -0.39 is 5.92 Å². The Bertz CT molecular complexity index is 828. The molecule has 1 aliphatic rings. The number of nitrogens with zero attached hydrogens (tertiary/aromatic N) is 3. The number of nitrogens with one attached hydrogen (secondary N) is 1. The summed E-state index contributed by atoms with van der Waals surface area (Å²) in [7, 11) is 0. The van der Waals surface area contributed by atoms with Crippen LogP contribution in [0.1, 0.15) is 28.0 Å². The first-order valence-corrected chi connectivity index (χ1v) is 8.40. The summed E-state index contributed by atoms with van der Waals surface area (Å²) in [5, 5.41) is 6.52. The second-order valence-corrected chi connectivity index (χ2v) is 5.76. The molecule has 0 radical (unpaired) electrons. The Labute approximate surface area is 142 Å². The lowest BCUT2D eigenvalue weighted by Crippen LogP contribution is -2.23. The maximum atomic E-state index is 12.3. The van der Waals surface area contributed by atoms with Gasteiger partial charge in [-0.05, 0) is 24.5 Å². The molecule has 8 heteroatoms. The van der Waals surface area contributed by atoms with Crippen molar-refractivity contribution in [2.24, 2.45) is 4.99 Å². The highest BCUT2D eigenvalue weighted by molar-refractivity contribution is 7.98. The Morgan fingerprint density at radius 1 is 1.38 bits per heavy atom. The minimum absolute atomic E-state index is 0.0858. The fourth-order valence-electron chi connectivity index (χ4n) is 2.19. The molecule has 0 saturated heterocycles. The van der Waals surface area contributed by atoms with E-state index in [0.717, 1.165) is 4.90 Å². The average Bonchev–Trinajstić information content (AvgIpc) is 3.08. The van der Waals surface area contributed by atoms with E-state index in [9.17, 15) is 9.59 Å². The molecule has 24 heavy (non-hydrogen) atoms. The quantitative estimate of drug-likeness (QED) is 0.834. The summed E-state index contributed by atoms with van der Waals surface area (Å²) in [6.45, 7) is 0.0858. The smallest absolute Gasteiger partial charge is 0.260 e. The Balaban J connectivity index is 1.65. The molecule has 0 aliphatic carbocycles. The molecule has 1 N–H and O–H groups in total. The van der Waals surface area contributed by atoms with E-state index in [2.05, 4.69) is 20.4 Å². The molecule has 1 aliphatic heterocycles. The van der Waals surface area contributed by atoms with Gasteiger partial charge in [0.1, 0.15) is 5.92 Å². The number of benzene rings is 1. The minimum atomic E-state index is -0.639. The molecule has 2 aromatic rings. The molecular formula is C16H14N4O3S. The second kappa shape index (κ2) is 7.22. The van der Waals surface area contributed by atoms with Crippen molar-refractivity contribution >= 4 is 29.8 Å². The van der Waals surface area contributed by atoms with Gasteiger partial charge in [0.15, 0.2) is 5.82 Å². The van der Waals surface area contributed by atoms with Crippen LogP contribution >= 0.6 is 11.8 Å². The lowest BCUT2D eigenvalue weighted by Gasteiger charge is -2.06. The van der Waals surface area contributed by atoms with Crippen LogP contribution in [-0.2, 0) is 11.3 Å². The molecule has 122 valence electrons. The standard InChI is InChI=1S/C16H14N4O3S/c1-24-12-7-3-2-5-10(12)15(21)18-9-13-19-14(20-23-13)11-6-4-8-17-16(11)22/h2-8,11H,9H2,1H3,(H,18,21). The van der Waals surface area contributed by atoms with Crippen LogP contribution < -0.4 is 5.32 Å². The van der Waals surface area contributed by atoms with Gasteiger partial charge in [0.05, 0.1) is 12.1 Å². The Morgan fingerprint density at radius 2 is 2.21 bits per heavy atom. The topological polar surface area (TPSA) is 97.5 Å². The van der Waals surface area contributed by atoms with Gasteiger partial charge in [-0.15, -0.1) is 11.8 Å². The monoisotopic (exact) mass is 342 g/mol. The number of aliphatic imine (C=N–C) groups is 1. The molecular weight excluding hydrogens is 328 g/mol. The number of rotatable bonds is 5. The molecule has 0 spiro atoms. The third kappa shape index (κ3) is 3.43. The minimum Gasteiger partial charge on any atom is -0.343 e. The molecule has 2 heterocycles. The molecule has 2 amide bonds. The van der Waals surface area contributed by atoms with Crippen LogP contribution in [0.3, 0.4) is 0 Å². The number of carbonyl (C=O) groups is 2. The number of carbonyl (C=O) groups excluding carboxylic acids is 2. The van der Waals surface area contributed by atoms with Crippen molar-refractivity contribution < 1.29 is 14.1 Å². The Morgan fingerprint density at radius 3 is 3.00 bits per heavy atom. The van der Waals surface area contributed by atoms with Gasteiger partial charge in [-0.2, -0.15) is 4.98 Å². The first-order valence-electron chi connectivity index (χ1n) is 7.17. The number of dihydropyridines is 1. The van der Waals surface area contributed by atoms with Crippen LogP contribution in [0, 0.1) is 0 Å². The average molecular weight is 342 g/mol. The molecule has 1 aromatic heterocycles. The summed E-state index contributed by atoms with van der Waals surface area (Å²) in [5.74, 6) is -0.737. The first-order chi connectivity index (χ1) is 11.7. The van der Waals surface area contributed by atoms with Gasteiger partial charge in [-0.25, -0.2) is 4.99 Å². The van der Waals surface area contributed by atoms with Crippen molar-refractivity contribution in [2.75, 3.05) is 6.26 Å². The van der Waals surface area contributed by atoms with E-state index in [0.29, 0.717) is 5.56 Å². The number of allylic oxidation sites excluding steroid dienone is 1. The number of thioether (sulfide) groups is 1. The third-order valence-corrected chi connectivity index (χ3v) is 4.17. The van der Waals surface area contributed by atoms with Gasteiger partial charge in [0.25, 0.3) is 11.8 Å². The van der Waals surface area contributed by atoms with Gasteiger partial charge in [0, 0.05) is 11.1 Å². The van der Waals surface area contributed by atoms with Crippen molar-refractivity contribution in [3.63, 3.8) is 0 Å². The lowest BCUT2D eigenvalue weighted by atomic mass is 10.1. The SMILES string of the molecule is CSc1ccccc1C(=O)NCc1nc(C2C=CC=NC2=O)no1. The second-order valence-electron chi connectivity index (χ2n) is 4.91. The highest BCUT2D eigenvalue weighted by atomic mass is 32.2. The molecule has 3 rings (SSSR count). The zero-order valence-electron chi connectivity index (χ0n) is 12.8. The van der Waals surface area contributed by atoms with Crippen LogP contribution in [-0.4, -0.2) is 34.4 Å². The lowest BCUT2D eigenvalue weighted by molar-refractivity contribution is -0.118. The highest BCUT2D eigenvalue weighted by Gasteiger charge is 2.24. The van der Waals surface area contributed by atoms with E-state index in [4.69, 9.17) is 4.52 Å². The molecule has 0 fully saturated rings. The van der Waals surface area contributed by atoms with Crippen LogP contribution in [0.15, 0.2) is 50.8 Å². The molecule has 0 saturated carbocycles. The molecule has 1 aromatic carbocycles. The predicted molar refractivity (Wildman–Crippen MR) is 89.1 cm³/mol. The summed E-state index contributed by atoms with van der Waals surface area (Å²) in [6, 6.07) is 7.32. The fourth-order valence-corrected chi connectivity index (χ4v) is 2.78. The van der Waals surface area contributed by atoms with Gasteiger partial charge in [-0.3, -0.25) is 9.59 Å². The largest absolute Gasteiger partial charge is 0.343 e. The van der Waals surface area contributed by atoms with E-state index >= 15 is 0 Å². The van der Waals surface area contributed by atoms with Crippen LogP contribution in [0.25, 0.3) is 0 Å². The molecule has 1 unspecified atom stereocenters. The Kier molecular flexibility index (Phi) is 4.85.